The molecule has 2 rings (SSSR count). The fourth-order valence-electron chi connectivity index (χ4n) is 2.63. The molecule has 1 aliphatic heterocycles. The summed E-state index contributed by atoms with van der Waals surface area (Å²) < 4.78 is 0. The zero-order valence-corrected chi connectivity index (χ0v) is 9.83. The Labute approximate surface area is 92.1 Å². The van der Waals surface area contributed by atoms with E-state index in [0.717, 1.165) is 13.0 Å². The van der Waals surface area contributed by atoms with E-state index in [2.05, 4.69) is 44.0 Å². The van der Waals surface area contributed by atoms with Crippen molar-refractivity contribution in [1.82, 2.24) is 0 Å². The van der Waals surface area contributed by atoms with Crippen LogP contribution in [-0.4, -0.2) is 19.6 Å². The molecule has 15 heavy (non-hydrogen) atoms. The monoisotopic (exact) mass is 204 g/mol. The van der Waals surface area contributed by atoms with Crippen LogP contribution in [0.3, 0.4) is 0 Å². The summed E-state index contributed by atoms with van der Waals surface area (Å²) in [5.74, 6) is 0.639. The lowest BCUT2D eigenvalue weighted by atomic mass is 9.94. The number of likely N-dealkylation sites (N-methyl/N-ethyl adjacent to an activating group) is 1. The van der Waals surface area contributed by atoms with E-state index >= 15 is 0 Å². The minimum Gasteiger partial charge on any atom is -0.374 e. The molecular weight excluding hydrogens is 184 g/mol. The Morgan fingerprint density at radius 3 is 2.93 bits per heavy atom. The van der Waals surface area contributed by atoms with Crippen molar-refractivity contribution >= 4 is 5.69 Å². The van der Waals surface area contributed by atoms with Crippen LogP contribution in [0.2, 0.25) is 0 Å². The Morgan fingerprint density at radius 1 is 1.53 bits per heavy atom. The molecule has 2 N–H and O–H groups in total. The minimum absolute atomic E-state index is 0.245. The largest absolute Gasteiger partial charge is 0.374 e. The fourth-order valence-corrected chi connectivity index (χ4v) is 2.63. The third kappa shape index (κ3) is 1.86. The highest BCUT2D eigenvalue weighted by Gasteiger charge is 2.25. The van der Waals surface area contributed by atoms with Gasteiger partial charge in [0.05, 0.1) is 0 Å². The summed E-state index contributed by atoms with van der Waals surface area (Å²) in [6.45, 7) is 5.50. The number of anilines is 1. The van der Waals surface area contributed by atoms with Gasteiger partial charge < -0.3 is 10.6 Å². The molecule has 2 nitrogen and oxygen atoms in total. The molecule has 0 spiro atoms. The highest BCUT2D eigenvalue weighted by atomic mass is 15.1. The van der Waals surface area contributed by atoms with Gasteiger partial charge in [-0.3, -0.25) is 0 Å². The second-order valence-corrected chi connectivity index (χ2v) is 4.81. The summed E-state index contributed by atoms with van der Waals surface area (Å²) >= 11 is 0. The van der Waals surface area contributed by atoms with Gasteiger partial charge in [0.1, 0.15) is 0 Å². The van der Waals surface area contributed by atoms with Crippen molar-refractivity contribution in [1.29, 1.82) is 0 Å². The van der Waals surface area contributed by atoms with Crippen LogP contribution in [0.4, 0.5) is 5.69 Å². The molecule has 0 bridgehead atoms. The van der Waals surface area contributed by atoms with Gasteiger partial charge in [-0.15, -0.1) is 0 Å². The number of fused-ring (bicyclic) bond motifs is 1. The van der Waals surface area contributed by atoms with Crippen LogP contribution in [0.25, 0.3) is 0 Å². The smallest absolute Gasteiger partial charge is 0.0402 e. The van der Waals surface area contributed by atoms with E-state index in [1.807, 2.05) is 0 Å². The average molecular weight is 204 g/mol. The normalized spacial score (nSPS) is 21.6. The maximum atomic E-state index is 5.88. The molecule has 0 amide bonds. The molecule has 1 aromatic rings. The van der Waals surface area contributed by atoms with Crippen molar-refractivity contribution < 1.29 is 0 Å². The second-order valence-electron chi connectivity index (χ2n) is 4.81. The zero-order chi connectivity index (χ0) is 11.0. The van der Waals surface area contributed by atoms with Crippen LogP contribution in [0, 0.1) is 0 Å². The lowest BCUT2D eigenvalue weighted by Crippen LogP contribution is -2.18. The lowest BCUT2D eigenvalue weighted by Gasteiger charge is -2.14. The number of rotatable bonds is 2. The van der Waals surface area contributed by atoms with E-state index in [9.17, 15) is 0 Å². The quantitative estimate of drug-likeness (QED) is 0.799. The van der Waals surface area contributed by atoms with E-state index in [1.54, 1.807) is 0 Å². The summed E-state index contributed by atoms with van der Waals surface area (Å²) in [4.78, 5) is 2.34. The van der Waals surface area contributed by atoms with E-state index < -0.39 is 0 Å². The van der Waals surface area contributed by atoms with Crippen LogP contribution < -0.4 is 10.6 Å². The molecule has 0 saturated heterocycles. The third-order valence-corrected chi connectivity index (χ3v) is 3.17. The van der Waals surface area contributed by atoms with Gasteiger partial charge in [0.15, 0.2) is 0 Å². The number of nitrogens with zero attached hydrogens (tertiary/aromatic N) is 1. The molecule has 1 heterocycles. The first-order valence-corrected chi connectivity index (χ1v) is 5.68. The topological polar surface area (TPSA) is 29.3 Å². The second kappa shape index (κ2) is 3.86. The summed E-state index contributed by atoms with van der Waals surface area (Å²) in [7, 11) is 2.16. The lowest BCUT2D eigenvalue weighted by molar-refractivity contribution is 0.720. The Hall–Kier alpha value is -1.02. The Morgan fingerprint density at radius 2 is 2.27 bits per heavy atom. The van der Waals surface area contributed by atoms with Crippen LogP contribution in [-0.2, 0) is 6.42 Å². The van der Waals surface area contributed by atoms with Gasteiger partial charge >= 0.3 is 0 Å². The summed E-state index contributed by atoms with van der Waals surface area (Å²) in [6.07, 6.45) is 0.987. The number of hydrogen-bond acceptors (Lipinski definition) is 2. The van der Waals surface area contributed by atoms with E-state index in [1.165, 1.54) is 16.8 Å². The fraction of sp³-hybridized carbons (Fsp3) is 0.538. The molecule has 1 aliphatic rings. The van der Waals surface area contributed by atoms with Crippen molar-refractivity contribution in [3.63, 3.8) is 0 Å². The van der Waals surface area contributed by atoms with Gasteiger partial charge in [-0.1, -0.05) is 19.1 Å². The highest BCUT2D eigenvalue weighted by Crippen LogP contribution is 2.37. The molecule has 1 aromatic carbocycles. The Bertz CT molecular complexity index is 358. The van der Waals surface area contributed by atoms with Gasteiger partial charge in [0, 0.05) is 31.2 Å². The standard InChI is InChI=1S/C13H20N2/c1-9-8-15(3)12-6-4-5-11(13(9)12)7-10(2)14/h4-6,9-10H,7-8,14H2,1-3H3. The first-order chi connectivity index (χ1) is 7.09. The third-order valence-electron chi connectivity index (χ3n) is 3.17. The molecule has 2 unspecified atom stereocenters. The molecule has 0 radical (unpaired) electrons. The van der Waals surface area contributed by atoms with Gasteiger partial charge in [-0.25, -0.2) is 0 Å². The number of hydrogen-bond donors (Lipinski definition) is 1. The van der Waals surface area contributed by atoms with Crippen molar-refractivity contribution in [3.05, 3.63) is 29.3 Å². The first kappa shape index (κ1) is 10.5. The number of nitrogens with two attached hydrogens (primary N) is 1. The highest BCUT2D eigenvalue weighted by molar-refractivity contribution is 5.62. The summed E-state index contributed by atoms with van der Waals surface area (Å²) in [5, 5.41) is 0. The molecule has 2 heteroatoms. The zero-order valence-electron chi connectivity index (χ0n) is 9.83. The molecule has 0 aliphatic carbocycles. The van der Waals surface area contributed by atoms with Gasteiger partial charge in [-0.2, -0.15) is 0 Å². The minimum atomic E-state index is 0.245. The van der Waals surface area contributed by atoms with E-state index in [0.29, 0.717) is 5.92 Å². The molecule has 0 aromatic heterocycles. The molecule has 82 valence electrons. The molecular formula is C13H20N2. The summed E-state index contributed by atoms with van der Waals surface area (Å²) in [6, 6.07) is 6.82. The Kier molecular flexibility index (Phi) is 2.70. The predicted octanol–water partition coefficient (Wildman–Crippen LogP) is 2.13. The van der Waals surface area contributed by atoms with Crippen LogP contribution in [0.15, 0.2) is 18.2 Å². The maximum Gasteiger partial charge on any atom is 0.0402 e. The molecule has 2 atom stereocenters. The Balaban J connectivity index is 2.41. The number of benzene rings is 1. The van der Waals surface area contributed by atoms with E-state index in [-0.39, 0.29) is 6.04 Å². The van der Waals surface area contributed by atoms with Gasteiger partial charge in [0.25, 0.3) is 0 Å². The van der Waals surface area contributed by atoms with Crippen LogP contribution >= 0.6 is 0 Å². The first-order valence-electron chi connectivity index (χ1n) is 5.68. The molecule has 0 fully saturated rings. The molecule has 0 saturated carbocycles. The summed E-state index contributed by atoms with van der Waals surface area (Å²) in [5.41, 5.74) is 10.2. The van der Waals surface area contributed by atoms with E-state index in [4.69, 9.17) is 5.73 Å². The van der Waals surface area contributed by atoms with Gasteiger partial charge in [-0.05, 0) is 30.5 Å². The van der Waals surface area contributed by atoms with Crippen LogP contribution in [0.5, 0.6) is 0 Å². The van der Waals surface area contributed by atoms with Crippen molar-refractivity contribution in [2.45, 2.75) is 32.2 Å². The van der Waals surface area contributed by atoms with Crippen molar-refractivity contribution in [3.8, 4) is 0 Å². The maximum absolute atomic E-state index is 5.88. The van der Waals surface area contributed by atoms with Crippen LogP contribution in [0.1, 0.15) is 30.9 Å². The van der Waals surface area contributed by atoms with Gasteiger partial charge in [0.2, 0.25) is 0 Å². The SMILES string of the molecule is CC(N)Cc1cccc2c1C(C)CN2C. The average Bonchev–Trinajstić information content (AvgIpc) is 2.43. The predicted molar refractivity (Wildman–Crippen MR) is 65.5 cm³/mol. The van der Waals surface area contributed by atoms with Crippen molar-refractivity contribution in [2.24, 2.45) is 5.73 Å². The van der Waals surface area contributed by atoms with Crippen molar-refractivity contribution in [2.75, 3.05) is 18.5 Å².